The number of hydrogen-bond donors (Lipinski definition) is 8. The molecule has 19 heteroatoms. The van der Waals surface area contributed by atoms with Crippen molar-refractivity contribution in [3.8, 4) is 0 Å². The van der Waals surface area contributed by atoms with Crippen molar-refractivity contribution in [1.82, 2.24) is 31.5 Å². The topological polar surface area (TPSA) is 278 Å². The van der Waals surface area contributed by atoms with Gasteiger partial charge < -0.3 is 46.8 Å². The molecule has 1 aliphatic rings. The molecular formula is C31H50N6O12S. The van der Waals surface area contributed by atoms with Crippen LogP contribution < -0.4 is 26.6 Å². The van der Waals surface area contributed by atoms with Crippen LogP contribution in [0.5, 0.6) is 0 Å². The van der Waals surface area contributed by atoms with E-state index in [0.717, 1.165) is 6.92 Å². The summed E-state index contributed by atoms with van der Waals surface area (Å²) in [6.07, 6.45) is 1.27. The summed E-state index contributed by atoms with van der Waals surface area (Å²) in [4.78, 5) is 114. The SMILES string of the molecule is CC[C@H](C)[C@H](NC(=O)[C@H](CC(=O)O)NC(=O)[C@H](CC(=O)O)NC(C)=O)C(=O)N[C@H](C(=O)N1CCC[C@H]1C(=O)N[C@@H](CCSC)C(=O)O)C(C)C. The van der Waals surface area contributed by atoms with Crippen LogP contribution in [0.4, 0.5) is 0 Å². The van der Waals surface area contributed by atoms with E-state index in [1.807, 2.05) is 0 Å². The number of carboxylic acids is 3. The van der Waals surface area contributed by atoms with Crippen LogP contribution in [0, 0.1) is 11.8 Å². The Hall–Kier alpha value is -4.42. The molecule has 1 rings (SSSR count). The van der Waals surface area contributed by atoms with Crippen LogP contribution >= 0.6 is 11.8 Å². The fraction of sp³-hybridized carbons (Fsp3) is 0.710. The Balaban J connectivity index is 3.23. The maximum absolute atomic E-state index is 13.8. The molecule has 0 radical (unpaired) electrons. The fourth-order valence-corrected chi connectivity index (χ4v) is 5.71. The molecule has 6 amide bonds. The summed E-state index contributed by atoms with van der Waals surface area (Å²) in [5, 5.41) is 40.0. The number of aliphatic carboxylic acids is 3. The Morgan fingerprint density at radius 1 is 0.760 bits per heavy atom. The first-order valence-electron chi connectivity index (χ1n) is 16.3. The van der Waals surface area contributed by atoms with Gasteiger partial charge in [-0.3, -0.25) is 38.4 Å². The third-order valence-electron chi connectivity index (χ3n) is 8.17. The van der Waals surface area contributed by atoms with E-state index in [2.05, 4.69) is 26.6 Å². The number of likely N-dealkylation sites (tertiary alicyclic amines) is 1. The van der Waals surface area contributed by atoms with E-state index in [1.165, 1.54) is 16.7 Å². The predicted molar refractivity (Wildman–Crippen MR) is 179 cm³/mol. The Labute approximate surface area is 294 Å². The van der Waals surface area contributed by atoms with Gasteiger partial charge in [-0.15, -0.1) is 0 Å². The van der Waals surface area contributed by atoms with Gasteiger partial charge in [-0.2, -0.15) is 11.8 Å². The maximum Gasteiger partial charge on any atom is 0.326 e. The van der Waals surface area contributed by atoms with Crippen LogP contribution in [0.2, 0.25) is 0 Å². The number of rotatable bonds is 21. The van der Waals surface area contributed by atoms with Gasteiger partial charge in [0.05, 0.1) is 12.8 Å². The first-order chi connectivity index (χ1) is 23.3. The summed E-state index contributed by atoms with van der Waals surface area (Å²) in [6, 6.07) is -8.01. The second-order valence-electron chi connectivity index (χ2n) is 12.5. The predicted octanol–water partition coefficient (Wildman–Crippen LogP) is -1.09. The van der Waals surface area contributed by atoms with Crippen molar-refractivity contribution in [3.63, 3.8) is 0 Å². The minimum absolute atomic E-state index is 0.183. The van der Waals surface area contributed by atoms with Crippen LogP contribution in [0.1, 0.15) is 73.1 Å². The molecule has 0 aromatic carbocycles. The molecule has 8 N–H and O–H groups in total. The normalized spacial score (nSPS) is 17.7. The van der Waals surface area contributed by atoms with E-state index in [4.69, 9.17) is 5.11 Å². The van der Waals surface area contributed by atoms with Gasteiger partial charge in [0.2, 0.25) is 35.4 Å². The molecule has 1 heterocycles. The first-order valence-corrected chi connectivity index (χ1v) is 17.7. The van der Waals surface area contributed by atoms with E-state index in [1.54, 1.807) is 34.0 Å². The fourth-order valence-electron chi connectivity index (χ4n) is 5.24. The van der Waals surface area contributed by atoms with Crippen molar-refractivity contribution >= 4 is 65.1 Å². The van der Waals surface area contributed by atoms with Gasteiger partial charge in [0.1, 0.15) is 36.3 Å². The Morgan fingerprint density at radius 2 is 1.30 bits per heavy atom. The highest BCUT2D eigenvalue weighted by atomic mass is 32.2. The lowest BCUT2D eigenvalue weighted by molar-refractivity contribution is -0.145. The largest absolute Gasteiger partial charge is 0.481 e. The lowest BCUT2D eigenvalue weighted by Crippen LogP contribution is -2.61. The van der Waals surface area contributed by atoms with Crippen molar-refractivity contribution in [3.05, 3.63) is 0 Å². The van der Waals surface area contributed by atoms with Crippen LogP contribution in [0.15, 0.2) is 0 Å². The molecule has 0 unspecified atom stereocenters. The molecule has 0 aromatic heterocycles. The zero-order chi connectivity index (χ0) is 38.3. The van der Waals surface area contributed by atoms with E-state index in [-0.39, 0.29) is 19.4 Å². The van der Waals surface area contributed by atoms with Crippen molar-refractivity contribution in [1.29, 1.82) is 0 Å². The van der Waals surface area contributed by atoms with Gasteiger partial charge in [-0.25, -0.2) is 4.79 Å². The molecule has 0 bridgehead atoms. The van der Waals surface area contributed by atoms with Gasteiger partial charge in [-0.1, -0.05) is 34.1 Å². The third kappa shape index (κ3) is 13.8. The third-order valence-corrected chi connectivity index (χ3v) is 8.82. The molecule has 0 spiro atoms. The van der Waals surface area contributed by atoms with E-state index >= 15 is 0 Å². The van der Waals surface area contributed by atoms with Crippen LogP contribution in [0.25, 0.3) is 0 Å². The first kappa shape index (κ1) is 43.6. The smallest absolute Gasteiger partial charge is 0.326 e. The lowest BCUT2D eigenvalue weighted by Gasteiger charge is -2.33. The van der Waals surface area contributed by atoms with Gasteiger partial charge >= 0.3 is 17.9 Å². The summed E-state index contributed by atoms with van der Waals surface area (Å²) in [6.45, 7) is 7.89. The summed E-state index contributed by atoms with van der Waals surface area (Å²) in [5.74, 6) is -9.71. The lowest BCUT2D eigenvalue weighted by atomic mass is 9.95. The minimum Gasteiger partial charge on any atom is -0.481 e. The molecule has 0 aliphatic carbocycles. The number of carbonyl (C=O) groups is 9. The average molecular weight is 731 g/mol. The van der Waals surface area contributed by atoms with E-state index < -0.39 is 114 Å². The van der Waals surface area contributed by atoms with Gasteiger partial charge in [0, 0.05) is 13.5 Å². The van der Waals surface area contributed by atoms with Crippen molar-refractivity contribution < 1.29 is 58.5 Å². The van der Waals surface area contributed by atoms with Crippen LogP contribution in [0.3, 0.4) is 0 Å². The second-order valence-corrected chi connectivity index (χ2v) is 13.5. The molecule has 1 saturated heterocycles. The highest BCUT2D eigenvalue weighted by Crippen LogP contribution is 2.21. The number of amides is 6. The number of nitrogens with one attached hydrogen (secondary N) is 5. The Bertz CT molecular complexity index is 1260. The molecule has 7 atom stereocenters. The van der Waals surface area contributed by atoms with E-state index in [9.17, 15) is 53.4 Å². The monoisotopic (exact) mass is 730 g/mol. The summed E-state index contributed by atoms with van der Waals surface area (Å²) in [5.41, 5.74) is 0. The Kier molecular flexibility index (Phi) is 18.3. The van der Waals surface area contributed by atoms with Crippen LogP contribution in [-0.2, 0) is 43.2 Å². The molecule has 1 aliphatic heterocycles. The summed E-state index contributed by atoms with van der Waals surface area (Å²) >= 11 is 1.42. The van der Waals surface area contributed by atoms with Crippen LogP contribution in [-0.4, -0.2) is 128 Å². The molecule has 282 valence electrons. The van der Waals surface area contributed by atoms with Gasteiger partial charge in [-0.05, 0) is 43.1 Å². The number of thioether (sulfide) groups is 1. The average Bonchev–Trinajstić information content (AvgIpc) is 3.52. The van der Waals surface area contributed by atoms with Crippen molar-refractivity contribution in [2.75, 3.05) is 18.6 Å². The molecule has 1 fully saturated rings. The zero-order valence-electron chi connectivity index (χ0n) is 29.1. The maximum atomic E-state index is 13.8. The number of hydrogen-bond acceptors (Lipinski definition) is 10. The van der Waals surface area contributed by atoms with Gasteiger partial charge in [0.15, 0.2) is 0 Å². The van der Waals surface area contributed by atoms with Gasteiger partial charge in [0.25, 0.3) is 0 Å². The van der Waals surface area contributed by atoms with E-state index in [0.29, 0.717) is 18.6 Å². The summed E-state index contributed by atoms with van der Waals surface area (Å²) < 4.78 is 0. The van der Waals surface area contributed by atoms with Crippen molar-refractivity contribution in [2.24, 2.45) is 11.8 Å². The zero-order valence-corrected chi connectivity index (χ0v) is 30.0. The highest BCUT2D eigenvalue weighted by molar-refractivity contribution is 7.98. The molecule has 0 aromatic rings. The number of nitrogens with zero attached hydrogens (tertiary/aromatic N) is 1. The molecule has 18 nitrogen and oxygen atoms in total. The highest BCUT2D eigenvalue weighted by Gasteiger charge is 2.41. The Morgan fingerprint density at radius 3 is 1.78 bits per heavy atom. The second kappa shape index (κ2) is 20.9. The molecular weight excluding hydrogens is 680 g/mol. The molecule has 0 saturated carbocycles. The summed E-state index contributed by atoms with van der Waals surface area (Å²) in [7, 11) is 0. The van der Waals surface area contributed by atoms with Crippen molar-refractivity contribution in [2.45, 2.75) is 109 Å². The number of carboxylic acid groups (broad SMARTS) is 3. The molecule has 50 heavy (non-hydrogen) atoms. The number of carbonyl (C=O) groups excluding carboxylic acids is 6. The quantitative estimate of drug-likeness (QED) is 0.0698. The standard InChI is InChI=1S/C31H50N6O12S/c1-7-16(4)25(36-27(44)20(14-23(41)42)34-26(43)19(13-22(39)40)32-17(5)38)29(46)35-24(15(2)3)30(47)37-11-8-9-21(37)28(45)33-18(31(48)49)10-12-50-6/h15-16,18-21,24-25H,7-14H2,1-6H3,(H,32,38)(H,33,45)(H,34,43)(H,35,46)(H,36,44)(H,39,40)(H,41,42)(H,48,49)/t16-,18-,19-,20-,21-,24-,25-/m0/s1. The minimum atomic E-state index is -1.78.